The van der Waals surface area contributed by atoms with E-state index in [0.717, 1.165) is 21.5 Å². The van der Waals surface area contributed by atoms with Crippen molar-refractivity contribution in [2.45, 2.75) is 0 Å². The summed E-state index contributed by atoms with van der Waals surface area (Å²) in [6.45, 7) is 0. The largest absolute Gasteiger partial charge is 0.362 e. The zero-order valence-corrected chi connectivity index (χ0v) is 15.2. The molecular formula is C22H16N2O2S. The van der Waals surface area contributed by atoms with Gasteiger partial charge in [-0.3, -0.25) is 0 Å². The summed E-state index contributed by atoms with van der Waals surface area (Å²) in [5, 5.41) is 4.23. The molecule has 4 aromatic rings. The molecule has 0 atom stereocenters. The van der Waals surface area contributed by atoms with Gasteiger partial charge in [0.2, 0.25) is 0 Å². The second-order valence-electron chi connectivity index (χ2n) is 6.13. The Morgan fingerprint density at radius 3 is 1.41 bits per heavy atom. The molecule has 27 heavy (non-hydrogen) atoms. The van der Waals surface area contributed by atoms with Crippen molar-refractivity contribution in [1.29, 1.82) is 0 Å². The third-order valence-electron chi connectivity index (χ3n) is 4.22. The molecule has 132 valence electrons. The maximum absolute atomic E-state index is 12.1. The van der Waals surface area contributed by atoms with Crippen molar-refractivity contribution >= 4 is 44.2 Å². The Kier molecular flexibility index (Phi) is 4.52. The van der Waals surface area contributed by atoms with Gasteiger partial charge in [-0.1, -0.05) is 72.8 Å². The van der Waals surface area contributed by atoms with E-state index in [1.54, 1.807) is 0 Å². The van der Waals surface area contributed by atoms with Crippen LogP contribution in [0.25, 0.3) is 21.5 Å². The number of rotatable bonds is 4. The lowest BCUT2D eigenvalue weighted by atomic mass is 10.1. The van der Waals surface area contributed by atoms with Gasteiger partial charge in [-0.15, -0.1) is 0 Å². The van der Waals surface area contributed by atoms with Crippen molar-refractivity contribution in [2.24, 2.45) is 8.80 Å². The van der Waals surface area contributed by atoms with E-state index in [1.165, 1.54) is 12.4 Å². The van der Waals surface area contributed by atoms with Gasteiger partial charge in [-0.05, 0) is 44.8 Å². The first-order valence-electron chi connectivity index (χ1n) is 8.42. The molecular weight excluding hydrogens is 356 g/mol. The summed E-state index contributed by atoms with van der Waals surface area (Å²) in [6, 6.07) is 27.0. The highest BCUT2D eigenvalue weighted by molar-refractivity contribution is 7.89. The molecule has 0 heterocycles. The Hall–Kier alpha value is -3.31. The van der Waals surface area contributed by atoms with Crippen molar-refractivity contribution in [3.8, 4) is 0 Å². The third-order valence-corrected chi connectivity index (χ3v) is 4.96. The average molecular weight is 372 g/mol. The lowest BCUT2D eigenvalue weighted by Gasteiger charge is -1.99. The highest BCUT2D eigenvalue weighted by Crippen LogP contribution is 2.16. The quantitative estimate of drug-likeness (QED) is 0.484. The van der Waals surface area contributed by atoms with Gasteiger partial charge in [-0.25, -0.2) is 0 Å². The van der Waals surface area contributed by atoms with E-state index in [0.29, 0.717) is 11.1 Å². The van der Waals surface area contributed by atoms with Gasteiger partial charge >= 0.3 is 10.2 Å². The zero-order chi connectivity index (χ0) is 18.7. The summed E-state index contributed by atoms with van der Waals surface area (Å²) in [4.78, 5) is 0. The summed E-state index contributed by atoms with van der Waals surface area (Å²) in [7, 11) is -3.95. The molecule has 5 heteroatoms. The fourth-order valence-electron chi connectivity index (χ4n) is 2.86. The van der Waals surface area contributed by atoms with Crippen molar-refractivity contribution in [3.63, 3.8) is 0 Å². The molecule has 0 unspecified atom stereocenters. The van der Waals surface area contributed by atoms with Crippen LogP contribution < -0.4 is 0 Å². The molecule has 0 radical (unpaired) electrons. The average Bonchev–Trinajstić information content (AvgIpc) is 2.70. The highest BCUT2D eigenvalue weighted by Gasteiger charge is 2.03. The Morgan fingerprint density at radius 1 is 0.556 bits per heavy atom. The maximum atomic E-state index is 12.1. The lowest BCUT2D eigenvalue weighted by molar-refractivity contribution is 0.600. The monoisotopic (exact) mass is 372 g/mol. The van der Waals surface area contributed by atoms with E-state index >= 15 is 0 Å². The summed E-state index contributed by atoms with van der Waals surface area (Å²) in [5.41, 5.74) is 1.41. The van der Waals surface area contributed by atoms with Crippen LogP contribution in [0.3, 0.4) is 0 Å². The molecule has 0 spiro atoms. The van der Waals surface area contributed by atoms with Crippen LogP contribution in [-0.4, -0.2) is 20.8 Å². The number of hydrogen-bond donors (Lipinski definition) is 0. The number of benzene rings is 4. The predicted octanol–water partition coefficient (Wildman–Crippen LogP) is 4.78. The number of fused-ring (bicyclic) bond motifs is 2. The van der Waals surface area contributed by atoms with E-state index < -0.39 is 10.2 Å². The summed E-state index contributed by atoms with van der Waals surface area (Å²) in [5.74, 6) is 0. The van der Waals surface area contributed by atoms with Gasteiger partial charge in [0.1, 0.15) is 0 Å². The van der Waals surface area contributed by atoms with Crippen molar-refractivity contribution in [1.82, 2.24) is 0 Å². The summed E-state index contributed by atoms with van der Waals surface area (Å²) < 4.78 is 31.5. The van der Waals surface area contributed by atoms with Crippen LogP contribution in [0, 0.1) is 0 Å². The Labute approximate surface area is 157 Å². The maximum Gasteiger partial charge on any atom is 0.362 e. The Morgan fingerprint density at radius 2 is 0.963 bits per heavy atom. The molecule has 0 aliphatic carbocycles. The molecule has 0 aliphatic rings. The second kappa shape index (κ2) is 7.13. The van der Waals surface area contributed by atoms with Gasteiger partial charge < -0.3 is 0 Å². The molecule has 0 saturated carbocycles. The Balaban J connectivity index is 1.56. The number of nitrogens with zero attached hydrogens (tertiary/aromatic N) is 2. The van der Waals surface area contributed by atoms with Crippen LogP contribution in [-0.2, 0) is 10.2 Å². The molecule has 0 saturated heterocycles. The first kappa shape index (κ1) is 17.1. The van der Waals surface area contributed by atoms with E-state index in [2.05, 4.69) is 8.80 Å². The smallest absolute Gasteiger partial charge is 0.179 e. The standard InChI is InChI=1S/C22H16N2O2S/c25-27(26,23-15-17-9-11-19-5-1-3-7-21(19)13-17)24-16-18-10-12-20-6-2-4-8-22(20)14-18/h1-16H. The second-order valence-corrected chi connectivity index (χ2v) is 7.45. The van der Waals surface area contributed by atoms with Gasteiger partial charge in [0, 0.05) is 12.4 Å². The summed E-state index contributed by atoms with van der Waals surface area (Å²) in [6.07, 6.45) is 2.64. The molecule has 4 aromatic carbocycles. The topological polar surface area (TPSA) is 58.9 Å². The first-order valence-corrected chi connectivity index (χ1v) is 9.82. The van der Waals surface area contributed by atoms with E-state index in [4.69, 9.17) is 0 Å². The van der Waals surface area contributed by atoms with Gasteiger partial charge in [-0.2, -0.15) is 17.2 Å². The van der Waals surface area contributed by atoms with Crippen LogP contribution in [0.1, 0.15) is 11.1 Å². The van der Waals surface area contributed by atoms with E-state index in [1.807, 2.05) is 84.9 Å². The highest BCUT2D eigenvalue weighted by atomic mass is 32.2. The summed E-state index contributed by atoms with van der Waals surface area (Å²) >= 11 is 0. The van der Waals surface area contributed by atoms with E-state index in [9.17, 15) is 8.42 Å². The van der Waals surface area contributed by atoms with Gasteiger partial charge in [0.15, 0.2) is 0 Å². The minimum absolute atomic E-state index is 0.707. The van der Waals surface area contributed by atoms with Crippen LogP contribution >= 0.6 is 0 Å². The van der Waals surface area contributed by atoms with Crippen LogP contribution in [0.2, 0.25) is 0 Å². The van der Waals surface area contributed by atoms with Gasteiger partial charge in [0.25, 0.3) is 0 Å². The molecule has 4 rings (SSSR count). The zero-order valence-electron chi connectivity index (χ0n) is 14.4. The SMILES string of the molecule is O=S(=O)(N=Cc1ccc2ccccc2c1)N=Cc1ccc2ccccc2c1. The lowest BCUT2D eigenvalue weighted by Crippen LogP contribution is -1.94. The first-order chi connectivity index (χ1) is 13.1. The molecule has 0 amide bonds. The molecule has 4 nitrogen and oxygen atoms in total. The van der Waals surface area contributed by atoms with Crippen molar-refractivity contribution in [2.75, 3.05) is 0 Å². The fourth-order valence-corrected chi connectivity index (χ4v) is 3.42. The fraction of sp³-hybridized carbons (Fsp3) is 0. The molecule has 0 fully saturated rings. The number of hydrogen-bond acceptors (Lipinski definition) is 2. The minimum atomic E-state index is -3.95. The Bertz CT molecular complexity index is 1200. The van der Waals surface area contributed by atoms with Crippen LogP contribution in [0.4, 0.5) is 0 Å². The van der Waals surface area contributed by atoms with E-state index in [-0.39, 0.29) is 0 Å². The predicted molar refractivity (Wildman–Crippen MR) is 112 cm³/mol. The molecule has 0 aliphatic heterocycles. The molecule has 0 aromatic heterocycles. The third kappa shape index (κ3) is 4.10. The van der Waals surface area contributed by atoms with Gasteiger partial charge in [0.05, 0.1) is 0 Å². The van der Waals surface area contributed by atoms with Crippen molar-refractivity contribution < 1.29 is 8.42 Å². The van der Waals surface area contributed by atoms with Crippen molar-refractivity contribution in [3.05, 3.63) is 96.1 Å². The van der Waals surface area contributed by atoms with Crippen LogP contribution in [0.5, 0.6) is 0 Å². The molecule has 0 bridgehead atoms. The minimum Gasteiger partial charge on any atom is -0.179 e. The molecule has 0 N–H and O–H groups in total. The van der Waals surface area contributed by atoms with Crippen LogP contribution in [0.15, 0.2) is 93.7 Å². The normalized spacial score (nSPS) is 12.4.